The van der Waals surface area contributed by atoms with Crippen molar-refractivity contribution in [2.24, 2.45) is 7.05 Å². The number of nitrogens with zero attached hydrogens (tertiary/aromatic N) is 3. The van der Waals surface area contributed by atoms with Gasteiger partial charge < -0.3 is 10.2 Å². The summed E-state index contributed by atoms with van der Waals surface area (Å²) in [5.74, 6) is 0.108. The molecular weight excluding hydrogens is 240 g/mol. The number of amides is 1. The molecule has 2 fully saturated rings. The van der Waals surface area contributed by atoms with Gasteiger partial charge in [0.25, 0.3) is 5.91 Å². The number of fused-ring (bicyclic) bond motifs is 2. The van der Waals surface area contributed by atoms with Crippen molar-refractivity contribution in [3.05, 3.63) is 17.5 Å². The van der Waals surface area contributed by atoms with E-state index in [0.717, 1.165) is 24.1 Å². The van der Waals surface area contributed by atoms with Gasteiger partial charge in [0, 0.05) is 37.9 Å². The molecule has 0 aliphatic carbocycles. The molecule has 1 amide bonds. The highest BCUT2D eigenvalue weighted by molar-refractivity contribution is 5.95. The largest absolute Gasteiger partial charge is 0.338 e. The molecular formula is C14H22N4O. The number of rotatable bonds is 2. The normalized spacial score (nSPS) is 29.5. The van der Waals surface area contributed by atoms with Crippen LogP contribution in [0.4, 0.5) is 0 Å². The van der Waals surface area contributed by atoms with Crippen LogP contribution in [0.1, 0.15) is 41.7 Å². The fraction of sp³-hybridized carbons (Fsp3) is 0.714. The number of piperidine rings is 1. The second-order valence-corrected chi connectivity index (χ2v) is 5.95. The summed E-state index contributed by atoms with van der Waals surface area (Å²) in [5, 5.41) is 7.78. The third-order valence-electron chi connectivity index (χ3n) is 4.78. The number of aromatic nitrogens is 2. The van der Waals surface area contributed by atoms with E-state index < -0.39 is 0 Å². The van der Waals surface area contributed by atoms with E-state index in [1.807, 2.05) is 25.9 Å². The summed E-state index contributed by atoms with van der Waals surface area (Å²) >= 11 is 0. The Hall–Kier alpha value is -1.36. The molecule has 1 aromatic heterocycles. The molecule has 1 N–H and O–H groups in total. The lowest BCUT2D eigenvalue weighted by atomic mass is 9.98. The van der Waals surface area contributed by atoms with Crippen molar-refractivity contribution in [2.75, 3.05) is 7.05 Å². The lowest BCUT2D eigenvalue weighted by molar-refractivity contribution is 0.0681. The Labute approximate surface area is 114 Å². The zero-order valence-electron chi connectivity index (χ0n) is 11.9. The first-order valence-corrected chi connectivity index (χ1v) is 7.08. The van der Waals surface area contributed by atoms with Gasteiger partial charge in [0.2, 0.25) is 0 Å². The zero-order chi connectivity index (χ0) is 13.6. The zero-order valence-corrected chi connectivity index (χ0v) is 11.9. The molecule has 0 radical (unpaired) electrons. The molecule has 2 saturated heterocycles. The Kier molecular flexibility index (Phi) is 3.09. The van der Waals surface area contributed by atoms with Crippen molar-refractivity contribution >= 4 is 5.91 Å². The highest BCUT2D eigenvalue weighted by Gasteiger charge is 2.36. The number of aryl methyl sites for hydroxylation is 1. The van der Waals surface area contributed by atoms with Crippen molar-refractivity contribution in [2.45, 2.75) is 50.7 Å². The fourth-order valence-electron chi connectivity index (χ4n) is 3.41. The first-order valence-electron chi connectivity index (χ1n) is 7.08. The molecule has 0 spiro atoms. The molecule has 3 rings (SSSR count). The molecule has 1 aromatic rings. The van der Waals surface area contributed by atoms with E-state index in [4.69, 9.17) is 0 Å². The number of hydrogen-bond acceptors (Lipinski definition) is 3. The van der Waals surface area contributed by atoms with Crippen molar-refractivity contribution in [3.63, 3.8) is 0 Å². The quantitative estimate of drug-likeness (QED) is 0.868. The monoisotopic (exact) mass is 262 g/mol. The summed E-state index contributed by atoms with van der Waals surface area (Å²) in [4.78, 5) is 14.5. The van der Waals surface area contributed by atoms with E-state index in [1.165, 1.54) is 12.8 Å². The van der Waals surface area contributed by atoms with Gasteiger partial charge in [-0.15, -0.1) is 0 Å². The summed E-state index contributed by atoms with van der Waals surface area (Å²) in [6.07, 6.45) is 6.37. The minimum Gasteiger partial charge on any atom is -0.338 e. The summed E-state index contributed by atoms with van der Waals surface area (Å²) in [5.41, 5.74) is 1.67. The lowest BCUT2D eigenvalue weighted by Gasteiger charge is -2.35. The van der Waals surface area contributed by atoms with E-state index in [2.05, 4.69) is 10.4 Å². The van der Waals surface area contributed by atoms with Crippen molar-refractivity contribution in [1.82, 2.24) is 20.0 Å². The number of hydrogen-bond donors (Lipinski definition) is 1. The van der Waals surface area contributed by atoms with Gasteiger partial charge in [-0.3, -0.25) is 9.48 Å². The number of carbonyl (C=O) groups is 1. The maximum Gasteiger partial charge on any atom is 0.257 e. The minimum absolute atomic E-state index is 0.108. The van der Waals surface area contributed by atoms with Crippen LogP contribution >= 0.6 is 0 Å². The Bertz CT molecular complexity index is 484. The summed E-state index contributed by atoms with van der Waals surface area (Å²) in [7, 11) is 3.81. The van der Waals surface area contributed by atoms with Crippen LogP contribution in [0, 0.1) is 6.92 Å². The Balaban J connectivity index is 1.75. The van der Waals surface area contributed by atoms with Crippen LogP contribution in [0.2, 0.25) is 0 Å². The average Bonchev–Trinajstić information content (AvgIpc) is 2.91. The fourth-order valence-corrected chi connectivity index (χ4v) is 3.41. The predicted octanol–water partition coefficient (Wildman–Crippen LogP) is 1.08. The molecule has 104 valence electrons. The summed E-state index contributed by atoms with van der Waals surface area (Å²) in [6.45, 7) is 1.94. The number of carbonyl (C=O) groups excluding carboxylic acids is 1. The van der Waals surface area contributed by atoms with Gasteiger partial charge in [0.05, 0.1) is 11.8 Å². The molecule has 5 heteroatoms. The molecule has 3 heterocycles. The van der Waals surface area contributed by atoms with Crippen LogP contribution in [0.25, 0.3) is 0 Å². The SMILES string of the molecule is Cc1c(C(=O)N(C)C2CC3CCC(C2)N3)cnn1C. The van der Waals surface area contributed by atoms with Gasteiger partial charge >= 0.3 is 0 Å². The predicted molar refractivity (Wildman–Crippen MR) is 73.0 cm³/mol. The number of nitrogens with one attached hydrogen (secondary N) is 1. The van der Waals surface area contributed by atoms with E-state index >= 15 is 0 Å². The van der Waals surface area contributed by atoms with E-state index in [1.54, 1.807) is 10.9 Å². The van der Waals surface area contributed by atoms with Gasteiger partial charge in [0.1, 0.15) is 0 Å². The van der Waals surface area contributed by atoms with E-state index in [-0.39, 0.29) is 5.91 Å². The Morgan fingerprint density at radius 1 is 1.42 bits per heavy atom. The van der Waals surface area contributed by atoms with Gasteiger partial charge in [-0.05, 0) is 32.6 Å². The highest BCUT2D eigenvalue weighted by Crippen LogP contribution is 2.30. The molecule has 19 heavy (non-hydrogen) atoms. The molecule has 2 unspecified atom stereocenters. The molecule has 2 aliphatic heterocycles. The molecule has 2 aliphatic rings. The van der Waals surface area contributed by atoms with Gasteiger partial charge in [-0.25, -0.2) is 0 Å². The topological polar surface area (TPSA) is 50.2 Å². The molecule has 2 atom stereocenters. The maximum absolute atomic E-state index is 12.6. The van der Waals surface area contributed by atoms with Crippen LogP contribution < -0.4 is 5.32 Å². The smallest absolute Gasteiger partial charge is 0.257 e. The van der Waals surface area contributed by atoms with Crippen LogP contribution in [0.3, 0.4) is 0 Å². The van der Waals surface area contributed by atoms with Gasteiger partial charge in [-0.2, -0.15) is 5.10 Å². The van der Waals surface area contributed by atoms with Crippen LogP contribution in [0.15, 0.2) is 6.20 Å². The summed E-state index contributed by atoms with van der Waals surface area (Å²) in [6, 6.07) is 1.58. The van der Waals surface area contributed by atoms with Crippen molar-refractivity contribution in [1.29, 1.82) is 0 Å². The highest BCUT2D eigenvalue weighted by atomic mass is 16.2. The minimum atomic E-state index is 0.108. The molecule has 2 bridgehead atoms. The van der Waals surface area contributed by atoms with Crippen molar-refractivity contribution in [3.8, 4) is 0 Å². The van der Waals surface area contributed by atoms with Crippen LogP contribution in [0.5, 0.6) is 0 Å². The summed E-state index contributed by atoms with van der Waals surface area (Å²) < 4.78 is 1.76. The second kappa shape index (κ2) is 4.63. The molecule has 0 saturated carbocycles. The third kappa shape index (κ3) is 2.16. The van der Waals surface area contributed by atoms with Crippen LogP contribution in [-0.4, -0.2) is 45.8 Å². The van der Waals surface area contributed by atoms with Gasteiger partial charge in [0.15, 0.2) is 0 Å². The first-order chi connectivity index (χ1) is 9.06. The van der Waals surface area contributed by atoms with Gasteiger partial charge in [-0.1, -0.05) is 0 Å². The third-order valence-corrected chi connectivity index (χ3v) is 4.78. The maximum atomic E-state index is 12.6. The lowest BCUT2D eigenvalue weighted by Crippen LogP contribution is -2.48. The Morgan fingerprint density at radius 3 is 2.58 bits per heavy atom. The van der Waals surface area contributed by atoms with E-state index in [0.29, 0.717) is 18.1 Å². The first kappa shape index (κ1) is 12.7. The van der Waals surface area contributed by atoms with E-state index in [9.17, 15) is 4.79 Å². The molecule has 0 aromatic carbocycles. The standard InChI is InChI=1S/C14H22N4O/c1-9-13(8-15-18(9)3)14(19)17(2)12-6-10-4-5-11(7-12)16-10/h8,10-12,16H,4-7H2,1-3H3. The Morgan fingerprint density at radius 2 is 2.05 bits per heavy atom. The molecule has 5 nitrogen and oxygen atoms in total. The average molecular weight is 262 g/mol. The second-order valence-electron chi connectivity index (χ2n) is 5.95. The van der Waals surface area contributed by atoms with Crippen LogP contribution in [-0.2, 0) is 7.05 Å². The van der Waals surface area contributed by atoms with Crippen molar-refractivity contribution < 1.29 is 4.79 Å².